The van der Waals surface area contributed by atoms with Crippen LogP contribution in [-0.4, -0.2) is 29.5 Å². The fourth-order valence-electron chi connectivity index (χ4n) is 1.64. The average molecular weight is 244 g/mol. The van der Waals surface area contributed by atoms with E-state index in [0.29, 0.717) is 5.56 Å². The summed E-state index contributed by atoms with van der Waals surface area (Å²) in [6.45, 7) is 2.83. The number of carbonyl (C=O) groups is 1. The first-order valence-corrected chi connectivity index (χ1v) is 5.83. The quantitative estimate of drug-likeness (QED) is 0.866. The summed E-state index contributed by atoms with van der Waals surface area (Å²) >= 11 is 0. The van der Waals surface area contributed by atoms with Crippen LogP contribution in [0.3, 0.4) is 0 Å². The molecule has 0 radical (unpaired) electrons. The van der Waals surface area contributed by atoms with Crippen molar-refractivity contribution >= 4 is 17.4 Å². The van der Waals surface area contributed by atoms with Crippen LogP contribution in [0.2, 0.25) is 0 Å². The SMILES string of the molecule is CCNc1ccc(N(C)C(=O)c2cc[nH]c2)cn1. The summed E-state index contributed by atoms with van der Waals surface area (Å²) in [5, 5.41) is 3.11. The monoisotopic (exact) mass is 244 g/mol. The van der Waals surface area contributed by atoms with Crippen LogP contribution in [-0.2, 0) is 0 Å². The molecule has 94 valence electrons. The van der Waals surface area contributed by atoms with Crippen LogP contribution in [0.5, 0.6) is 0 Å². The summed E-state index contributed by atoms with van der Waals surface area (Å²) in [7, 11) is 1.74. The van der Waals surface area contributed by atoms with Gasteiger partial charge in [0.1, 0.15) is 5.82 Å². The minimum absolute atomic E-state index is 0.0609. The first-order chi connectivity index (χ1) is 8.72. The Morgan fingerprint density at radius 3 is 2.83 bits per heavy atom. The molecule has 0 saturated heterocycles. The highest BCUT2D eigenvalue weighted by Gasteiger charge is 2.13. The molecule has 18 heavy (non-hydrogen) atoms. The molecule has 0 bridgehead atoms. The molecular weight excluding hydrogens is 228 g/mol. The van der Waals surface area contributed by atoms with Crippen LogP contribution >= 0.6 is 0 Å². The van der Waals surface area contributed by atoms with Crippen molar-refractivity contribution in [3.05, 3.63) is 42.4 Å². The predicted octanol–water partition coefficient (Wildman–Crippen LogP) is 2.12. The maximum Gasteiger partial charge on any atom is 0.259 e. The van der Waals surface area contributed by atoms with E-state index in [9.17, 15) is 4.79 Å². The molecule has 0 spiro atoms. The van der Waals surface area contributed by atoms with E-state index in [1.165, 1.54) is 0 Å². The number of rotatable bonds is 4. The molecular formula is C13H16N4O. The van der Waals surface area contributed by atoms with Gasteiger partial charge in [-0.2, -0.15) is 0 Å². The van der Waals surface area contributed by atoms with E-state index >= 15 is 0 Å². The number of pyridine rings is 1. The molecule has 0 atom stereocenters. The van der Waals surface area contributed by atoms with E-state index in [1.807, 2.05) is 19.1 Å². The van der Waals surface area contributed by atoms with Gasteiger partial charge in [-0.05, 0) is 25.1 Å². The number of amides is 1. The van der Waals surface area contributed by atoms with Gasteiger partial charge in [0.25, 0.3) is 5.91 Å². The Morgan fingerprint density at radius 1 is 1.44 bits per heavy atom. The van der Waals surface area contributed by atoms with Gasteiger partial charge in [-0.25, -0.2) is 4.98 Å². The van der Waals surface area contributed by atoms with E-state index < -0.39 is 0 Å². The third kappa shape index (κ3) is 2.51. The molecule has 0 aliphatic carbocycles. The minimum atomic E-state index is -0.0609. The van der Waals surface area contributed by atoms with E-state index in [1.54, 1.807) is 36.6 Å². The molecule has 2 heterocycles. The highest BCUT2D eigenvalue weighted by Crippen LogP contribution is 2.16. The van der Waals surface area contributed by atoms with Gasteiger partial charge in [-0.3, -0.25) is 4.79 Å². The fraction of sp³-hybridized carbons (Fsp3) is 0.231. The van der Waals surface area contributed by atoms with Crippen molar-refractivity contribution in [3.8, 4) is 0 Å². The topological polar surface area (TPSA) is 61.0 Å². The lowest BCUT2D eigenvalue weighted by molar-refractivity contribution is 0.0993. The number of H-pyrrole nitrogens is 1. The maximum absolute atomic E-state index is 12.1. The molecule has 2 rings (SSSR count). The summed E-state index contributed by atoms with van der Waals surface area (Å²) in [6, 6.07) is 5.48. The number of aromatic amines is 1. The molecule has 2 aromatic rings. The van der Waals surface area contributed by atoms with Gasteiger partial charge in [0, 0.05) is 26.0 Å². The summed E-state index contributed by atoms with van der Waals surface area (Å²) in [4.78, 5) is 20.8. The molecule has 0 aliphatic heterocycles. The number of carbonyl (C=O) groups excluding carboxylic acids is 1. The predicted molar refractivity (Wildman–Crippen MR) is 71.9 cm³/mol. The van der Waals surface area contributed by atoms with Gasteiger partial charge < -0.3 is 15.2 Å². The largest absolute Gasteiger partial charge is 0.370 e. The lowest BCUT2D eigenvalue weighted by Gasteiger charge is -2.16. The first kappa shape index (κ1) is 12.2. The van der Waals surface area contributed by atoms with Gasteiger partial charge in [0.05, 0.1) is 17.4 Å². The number of nitrogens with zero attached hydrogens (tertiary/aromatic N) is 2. The Balaban J connectivity index is 2.13. The van der Waals surface area contributed by atoms with Crippen molar-refractivity contribution < 1.29 is 4.79 Å². The molecule has 1 amide bonds. The Morgan fingerprint density at radius 2 is 2.28 bits per heavy atom. The molecule has 0 fully saturated rings. The molecule has 5 nitrogen and oxygen atoms in total. The molecule has 0 unspecified atom stereocenters. The van der Waals surface area contributed by atoms with Crippen LogP contribution in [0.4, 0.5) is 11.5 Å². The zero-order valence-electron chi connectivity index (χ0n) is 10.5. The second-order valence-corrected chi connectivity index (χ2v) is 3.90. The Kier molecular flexibility index (Phi) is 3.62. The van der Waals surface area contributed by atoms with Crippen molar-refractivity contribution in [2.75, 3.05) is 23.8 Å². The number of anilines is 2. The molecule has 5 heteroatoms. The first-order valence-electron chi connectivity index (χ1n) is 5.83. The van der Waals surface area contributed by atoms with Gasteiger partial charge in [0.2, 0.25) is 0 Å². The number of nitrogens with one attached hydrogen (secondary N) is 2. The summed E-state index contributed by atoms with van der Waals surface area (Å²) in [6.07, 6.45) is 5.09. The molecule has 0 aliphatic rings. The normalized spacial score (nSPS) is 10.1. The van der Waals surface area contributed by atoms with Gasteiger partial charge >= 0.3 is 0 Å². The third-order valence-electron chi connectivity index (χ3n) is 2.64. The highest BCUT2D eigenvalue weighted by atomic mass is 16.2. The zero-order valence-corrected chi connectivity index (χ0v) is 10.5. The van der Waals surface area contributed by atoms with Crippen molar-refractivity contribution in [2.45, 2.75) is 6.92 Å². The van der Waals surface area contributed by atoms with Crippen LogP contribution in [0, 0.1) is 0 Å². The molecule has 2 N–H and O–H groups in total. The Labute approximate surface area is 106 Å². The maximum atomic E-state index is 12.1. The molecule has 0 saturated carbocycles. The van der Waals surface area contributed by atoms with Crippen molar-refractivity contribution in [1.82, 2.24) is 9.97 Å². The number of aromatic nitrogens is 2. The van der Waals surface area contributed by atoms with Gasteiger partial charge in [0.15, 0.2) is 0 Å². The Bertz CT molecular complexity index is 504. The highest BCUT2D eigenvalue weighted by molar-refractivity contribution is 6.05. The van der Waals surface area contributed by atoms with Crippen LogP contribution < -0.4 is 10.2 Å². The van der Waals surface area contributed by atoms with Gasteiger partial charge in [-0.1, -0.05) is 0 Å². The smallest absolute Gasteiger partial charge is 0.259 e. The second kappa shape index (κ2) is 5.35. The fourth-order valence-corrected chi connectivity index (χ4v) is 1.64. The second-order valence-electron chi connectivity index (χ2n) is 3.90. The van der Waals surface area contributed by atoms with E-state index in [0.717, 1.165) is 18.1 Å². The standard InChI is InChI=1S/C13H16N4O/c1-3-15-12-5-4-11(9-16-12)17(2)13(18)10-6-7-14-8-10/h4-9,14H,3H2,1-2H3,(H,15,16). The zero-order chi connectivity index (χ0) is 13.0. The lowest BCUT2D eigenvalue weighted by atomic mass is 10.3. The Hall–Kier alpha value is -2.30. The van der Waals surface area contributed by atoms with Crippen LogP contribution in [0.25, 0.3) is 0 Å². The van der Waals surface area contributed by atoms with Crippen molar-refractivity contribution in [2.24, 2.45) is 0 Å². The summed E-state index contributed by atoms with van der Waals surface area (Å²) in [5.41, 5.74) is 1.40. The van der Waals surface area contributed by atoms with Crippen LogP contribution in [0.1, 0.15) is 17.3 Å². The summed E-state index contributed by atoms with van der Waals surface area (Å²) in [5.74, 6) is 0.748. The number of hydrogen-bond acceptors (Lipinski definition) is 3. The third-order valence-corrected chi connectivity index (χ3v) is 2.64. The van der Waals surface area contributed by atoms with E-state index in [2.05, 4.69) is 15.3 Å². The summed E-state index contributed by atoms with van der Waals surface area (Å²) < 4.78 is 0. The van der Waals surface area contributed by atoms with E-state index in [-0.39, 0.29) is 5.91 Å². The van der Waals surface area contributed by atoms with Gasteiger partial charge in [-0.15, -0.1) is 0 Å². The van der Waals surface area contributed by atoms with Crippen molar-refractivity contribution in [1.29, 1.82) is 0 Å². The molecule has 0 aromatic carbocycles. The minimum Gasteiger partial charge on any atom is -0.370 e. The van der Waals surface area contributed by atoms with Crippen LogP contribution in [0.15, 0.2) is 36.8 Å². The molecule has 2 aromatic heterocycles. The van der Waals surface area contributed by atoms with E-state index in [4.69, 9.17) is 0 Å². The van der Waals surface area contributed by atoms with Crippen molar-refractivity contribution in [3.63, 3.8) is 0 Å². The lowest BCUT2D eigenvalue weighted by Crippen LogP contribution is -2.25. The number of hydrogen-bond donors (Lipinski definition) is 2. The average Bonchev–Trinajstić information content (AvgIpc) is 2.92.